The lowest BCUT2D eigenvalue weighted by atomic mass is 10.1. The van der Waals surface area contributed by atoms with Crippen LogP contribution in [0.4, 0.5) is 9.80 Å². The number of carbonyl (C=O) groups excluding carboxylic acids is 2. The van der Waals surface area contributed by atoms with Crippen molar-refractivity contribution in [3.05, 3.63) is 35.9 Å². The van der Waals surface area contributed by atoms with Gasteiger partial charge in [-0.15, -0.1) is 11.3 Å². The second-order valence-corrected chi connectivity index (χ2v) is 6.72. The Kier molecular flexibility index (Phi) is 6.74. The molecule has 1 aromatic heterocycles. The molecule has 10 heteroatoms. The molecule has 0 bridgehead atoms. The van der Waals surface area contributed by atoms with Gasteiger partial charge in [-0.3, -0.25) is 14.9 Å². The number of anilines is 1. The van der Waals surface area contributed by atoms with Gasteiger partial charge in [-0.2, -0.15) is 0 Å². The van der Waals surface area contributed by atoms with Crippen LogP contribution in [0.2, 0.25) is 0 Å². The quantitative estimate of drug-likeness (QED) is 0.405. The summed E-state index contributed by atoms with van der Waals surface area (Å²) in [6, 6.07) is 7.00. The van der Waals surface area contributed by atoms with Crippen LogP contribution in [-0.4, -0.2) is 35.7 Å². The van der Waals surface area contributed by atoms with Gasteiger partial charge in [0.05, 0.1) is 12.2 Å². The van der Waals surface area contributed by atoms with Crippen LogP contribution in [0, 0.1) is 0 Å². The van der Waals surface area contributed by atoms with Crippen molar-refractivity contribution in [1.82, 2.24) is 0 Å². The molecule has 27 heavy (non-hydrogen) atoms. The topological polar surface area (TPSA) is 171 Å². The van der Waals surface area contributed by atoms with Crippen LogP contribution in [0.15, 0.2) is 30.3 Å². The molecule has 1 atom stereocenters. The Balaban J connectivity index is 2.01. The van der Waals surface area contributed by atoms with Crippen LogP contribution in [0.3, 0.4) is 0 Å². The third-order valence-electron chi connectivity index (χ3n) is 3.62. The van der Waals surface area contributed by atoms with Crippen molar-refractivity contribution < 1.29 is 24.2 Å². The number of benzene rings is 1. The van der Waals surface area contributed by atoms with E-state index in [-0.39, 0.29) is 5.56 Å². The van der Waals surface area contributed by atoms with Gasteiger partial charge >= 0.3 is 12.0 Å². The molecule has 0 saturated heterocycles. The minimum Gasteiger partial charge on any atom is -0.494 e. The van der Waals surface area contributed by atoms with E-state index in [2.05, 4.69) is 5.32 Å². The number of carboxylic acids is 1. The second-order valence-electron chi connectivity index (χ2n) is 5.67. The first-order valence-corrected chi connectivity index (χ1v) is 8.81. The molecule has 0 fully saturated rings. The van der Waals surface area contributed by atoms with E-state index in [1.807, 2.05) is 0 Å². The number of thiophene rings is 1. The van der Waals surface area contributed by atoms with Crippen molar-refractivity contribution in [2.45, 2.75) is 18.9 Å². The summed E-state index contributed by atoms with van der Waals surface area (Å²) in [5.41, 5.74) is 16.8. The molecule has 1 aromatic carbocycles. The summed E-state index contributed by atoms with van der Waals surface area (Å²) in [4.78, 5) is 33.9. The molecule has 0 aliphatic rings. The zero-order valence-corrected chi connectivity index (χ0v) is 15.1. The maximum atomic E-state index is 11.5. The lowest BCUT2D eigenvalue weighted by Crippen LogP contribution is -2.30. The molecule has 1 heterocycles. The summed E-state index contributed by atoms with van der Waals surface area (Å²) in [7, 11) is 0. The standard InChI is InChI=1S/C17H20N4O5S/c18-12(16(23)24)2-1-7-26-10-5-3-9(4-6-10)13-8-11(14(19)22)15(27-13)21-17(20)25/h3-6,8,12H,1-2,7,18H2,(H2,19,22)(H,23,24)(H3,20,21,25)/t12-/m0/s1. The molecular formula is C17H20N4O5S. The van der Waals surface area contributed by atoms with E-state index in [1.54, 1.807) is 30.3 Å². The highest BCUT2D eigenvalue weighted by atomic mass is 32.1. The molecular weight excluding hydrogens is 372 g/mol. The summed E-state index contributed by atoms with van der Waals surface area (Å²) in [6.07, 6.45) is 0.846. The van der Waals surface area contributed by atoms with Crippen LogP contribution in [-0.2, 0) is 4.79 Å². The van der Waals surface area contributed by atoms with Crippen molar-refractivity contribution >= 4 is 34.2 Å². The third kappa shape index (κ3) is 5.69. The Labute approximate surface area is 159 Å². The van der Waals surface area contributed by atoms with Crippen LogP contribution in [0.25, 0.3) is 10.4 Å². The number of carbonyl (C=O) groups is 3. The summed E-state index contributed by atoms with van der Waals surface area (Å²) < 4.78 is 5.55. The van der Waals surface area contributed by atoms with E-state index in [0.29, 0.717) is 30.2 Å². The molecule has 0 radical (unpaired) electrons. The third-order valence-corrected chi connectivity index (χ3v) is 4.72. The maximum absolute atomic E-state index is 11.5. The molecule has 3 amide bonds. The minimum absolute atomic E-state index is 0.184. The molecule has 144 valence electrons. The average Bonchev–Trinajstić information content (AvgIpc) is 3.02. The Bertz CT molecular complexity index is 834. The van der Waals surface area contributed by atoms with E-state index in [4.69, 9.17) is 27.0 Å². The number of ether oxygens (including phenoxy) is 1. The van der Waals surface area contributed by atoms with Gasteiger partial charge in [-0.05, 0) is 48.7 Å². The van der Waals surface area contributed by atoms with Crippen molar-refractivity contribution in [1.29, 1.82) is 0 Å². The average molecular weight is 392 g/mol. The normalized spacial score (nSPS) is 11.6. The van der Waals surface area contributed by atoms with Gasteiger partial charge in [-0.1, -0.05) is 0 Å². The van der Waals surface area contributed by atoms with Crippen molar-refractivity contribution in [2.75, 3.05) is 11.9 Å². The Morgan fingerprint density at radius 3 is 2.41 bits per heavy atom. The molecule has 0 aliphatic carbocycles. The fourth-order valence-corrected chi connectivity index (χ4v) is 3.32. The van der Waals surface area contributed by atoms with Crippen molar-refractivity contribution in [2.24, 2.45) is 17.2 Å². The predicted octanol–water partition coefficient (Wildman–Crippen LogP) is 1.58. The summed E-state index contributed by atoms with van der Waals surface area (Å²) in [5.74, 6) is -1.08. The van der Waals surface area contributed by atoms with Crippen LogP contribution < -0.4 is 27.3 Å². The molecule has 8 N–H and O–H groups in total. The van der Waals surface area contributed by atoms with Gasteiger partial charge < -0.3 is 27.0 Å². The number of nitrogens with one attached hydrogen (secondary N) is 1. The number of rotatable bonds is 9. The monoisotopic (exact) mass is 392 g/mol. The fourth-order valence-electron chi connectivity index (χ4n) is 2.25. The number of hydrogen-bond donors (Lipinski definition) is 5. The van der Waals surface area contributed by atoms with Crippen LogP contribution in [0.5, 0.6) is 5.75 Å². The van der Waals surface area contributed by atoms with E-state index in [0.717, 1.165) is 10.4 Å². The van der Waals surface area contributed by atoms with E-state index in [1.165, 1.54) is 11.3 Å². The highest BCUT2D eigenvalue weighted by Crippen LogP contribution is 2.35. The molecule has 9 nitrogen and oxygen atoms in total. The fraction of sp³-hybridized carbons (Fsp3) is 0.235. The first-order chi connectivity index (χ1) is 12.8. The summed E-state index contributed by atoms with van der Waals surface area (Å²) in [6.45, 7) is 0.345. The van der Waals surface area contributed by atoms with E-state index >= 15 is 0 Å². The van der Waals surface area contributed by atoms with Crippen LogP contribution in [0.1, 0.15) is 23.2 Å². The van der Waals surface area contributed by atoms with Gasteiger partial charge in [0.15, 0.2) is 0 Å². The van der Waals surface area contributed by atoms with Gasteiger partial charge in [0.2, 0.25) is 0 Å². The Hall–Kier alpha value is -3.11. The molecule has 2 rings (SSSR count). The summed E-state index contributed by atoms with van der Waals surface area (Å²) >= 11 is 1.18. The predicted molar refractivity (Wildman–Crippen MR) is 102 cm³/mol. The minimum atomic E-state index is -1.03. The lowest BCUT2D eigenvalue weighted by molar-refractivity contribution is -0.138. The Morgan fingerprint density at radius 2 is 1.85 bits per heavy atom. The number of urea groups is 1. The second kappa shape index (κ2) is 9.01. The molecule has 0 spiro atoms. The number of amides is 3. The van der Waals surface area contributed by atoms with Crippen LogP contribution >= 0.6 is 11.3 Å². The number of nitrogens with two attached hydrogens (primary N) is 3. The first-order valence-electron chi connectivity index (χ1n) is 7.99. The molecule has 2 aromatic rings. The number of carboxylic acid groups (broad SMARTS) is 1. The SMILES string of the molecule is NC(=O)Nc1sc(-c2ccc(OCCC[C@H](N)C(=O)O)cc2)cc1C(N)=O. The van der Waals surface area contributed by atoms with Gasteiger partial charge in [0, 0.05) is 4.88 Å². The number of hydrogen-bond acceptors (Lipinski definition) is 6. The Morgan fingerprint density at radius 1 is 1.19 bits per heavy atom. The van der Waals surface area contributed by atoms with Crippen molar-refractivity contribution in [3.63, 3.8) is 0 Å². The molecule has 0 saturated carbocycles. The van der Waals surface area contributed by atoms with E-state index in [9.17, 15) is 14.4 Å². The van der Waals surface area contributed by atoms with Gasteiger partial charge in [0.1, 0.15) is 16.8 Å². The van der Waals surface area contributed by atoms with Gasteiger partial charge in [0.25, 0.3) is 5.91 Å². The number of aliphatic carboxylic acids is 1. The largest absolute Gasteiger partial charge is 0.494 e. The molecule has 0 unspecified atom stereocenters. The van der Waals surface area contributed by atoms with E-state index < -0.39 is 23.9 Å². The van der Waals surface area contributed by atoms with Crippen molar-refractivity contribution in [3.8, 4) is 16.2 Å². The zero-order chi connectivity index (χ0) is 20.0. The first kappa shape index (κ1) is 20.2. The molecule has 0 aliphatic heterocycles. The maximum Gasteiger partial charge on any atom is 0.320 e. The highest BCUT2D eigenvalue weighted by molar-refractivity contribution is 7.20. The smallest absolute Gasteiger partial charge is 0.320 e. The zero-order valence-electron chi connectivity index (χ0n) is 14.3. The summed E-state index contributed by atoms with van der Waals surface area (Å²) in [5, 5.41) is 11.4. The number of primary amides is 2. The highest BCUT2D eigenvalue weighted by Gasteiger charge is 2.16. The lowest BCUT2D eigenvalue weighted by Gasteiger charge is -2.08. The van der Waals surface area contributed by atoms with Gasteiger partial charge in [-0.25, -0.2) is 4.79 Å².